The van der Waals surface area contributed by atoms with Crippen molar-refractivity contribution in [3.05, 3.63) is 93.7 Å². The van der Waals surface area contributed by atoms with Crippen molar-refractivity contribution in [2.45, 2.75) is 44.4 Å². The molecule has 5 rings (SSSR count). The van der Waals surface area contributed by atoms with Crippen LogP contribution < -0.4 is 5.32 Å². The van der Waals surface area contributed by atoms with Gasteiger partial charge in [-0.1, -0.05) is 37.3 Å². The third-order valence-electron chi connectivity index (χ3n) is 6.81. The van der Waals surface area contributed by atoms with Crippen LogP contribution in [0.25, 0.3) is 5.76 Å². The molecule has 3 heterocycles. The number of rotatable bonds is 13. The number of nitrogens with zero attached hydrogens (tertiary/aromatic N) is 2. The first kappa shape index (κ1) is 33.4. The Kier molecular flexibility index (Phi) is 10.1. The van der Waals surface area contributed by atoms with Crippen molar-refractivity contribution in [2.24, 2.45) is 0 Å². The van der Waals surface area contributed by atoms with Gasteiger partial charge in [0.05, 0.1) is 29.3 Å². The number of nitrogens with one attached hydrogen (secondary N) is 1. The Hall–Kier alpha value is -3.92. The number of carbonyl (C=O) groups is 2. The molecule has 2 aromatic rings. The molecule has 19 heteroatoms. The molecule has 1 fully saturated rings. The minimum atomic E-state index is -5.19. The number of benzene rings is 2. The number of para-hydroxylation sites is 1. The van der Waals surface area contributed by atoms with Gasteiger partial charge in [-0.05, 0) is 30.7 Å². The smallest absolute Gasteiger partial charge is 0.465 e. The summed E-state index contributed by atoms with van der Waals surface area (Å²) in [6.45, 7) is 0.657. The Balaban J connectivity index is 1.35. The van der Waals surface area contributed by atoms with E-state index in [1.165, 1.54) is 42.6 Å². The molecule has 6 atom stereocenters. The molecule has 0 aliphatic carbocycles. The van der Waals surface area contributed by atoms with Gasteiger partial charge in [0.25, 0.3) is 5.69 Å². The molecule has 2 amide bonds. The number of fused-ring (bicyclic) bond motifs is 1. The van der Waals surface area contributed by atoms with Crippen LogP contribution in [0, 0.1) is 10.1 Å². The van der Waals surface area contributed by atoms with Crippen LogP contribution in [0.4, 0.5) is 10.5 Å². The van der Waals surface area contributed by atoms with Crippen LogP contribution in [0.5, 0.6) is 0 Å². The molecule has 2 aromatic carbocycles. The van der Waals surface area contributed by atoms with Gasteiger partial charge in [0.2, 0.25) is 6.23 Å². The van der Waals surface area contributed by atoms with Gasteiger partial charge < -0.3 is 24.0 Å². The van der Waals surface area contributed by atoms with E-state index in [4.69, 9.17) is 18.7 Å². The van der Waals surface area contributed by atoms with Gasteiger partial charge in [-0.3, -0.25) is 29.4 Å². The highest BCUT2D eigenvalue weighted by Gasteiger charge is 2.46. The first-order valence-corrected chi connectivity index (χ1v) is 16.8. The summed E-state index contributed by atoms with van der Waals surface area (Å²) in [6, 6.07) is 13.2. The predicted octanol–water partition coefficient (Wildman–Crippen LogP) is 4.20. The average molecular weight is 681 g/mol. The average Bonchev–Trinajstić information content (AvgIpc) is 3.62. The second-order valence-electron chi connectivity index (χ2n) is 10.1. The van der Waals surface area contributed by atoms with Crippen LogP contribution in [0.3, 0.4) is 0 Å². The molecular weight excluding hydrogens is 652 g/mol. The van der Waals surface area contributed by atoms with Crippen LogP contribution in [-0.4, -0.2) is 69.5 Å². The van der Waals surface area contributed by atoms with Crippen molar-refractivity contribution >= 4 is 39.1 Å². The minimum absolute atomic E-state index is 0.120. The highest BCUT2D eigenvalue weighted by atomic mass is 31.3. The van der Waals surface area contributed by atoms with Crippen LogP contribution in [0.1, 0.15) is 35.7 Å². The Morgan fingerprint density at radius 3 is 2.52 bits per heavy atom. The molecule has 46 heavy (non-hydrogen) atoms. The van der Waals surface area contributed by atoms with E-state index in [-0.39, 0.29) is 35.6 Å². The van der Waals surface area contributed by atoms with Gasteiger partial charge in [-0.15, -0.1) is 0 Å². The zero-order chi connectivity index (χ0) is 33.1. The van der Waals surface area contributed by atoms with Gasteiger partial charge in [-0.25, -0.2) is 18.7 Å². The SMILES string of the molecule is CCCOP(=O)(O)OP(=O)(O)OCC1OC(N2C=C3C=C(c4ccccc4[N+](=O)[O-])OC3NC2=O)CC1OC(=O)c1ccccc1. The summed E-state index contributed by atoms with van der Waals surface area (Å²) in [5, 5.41) is 14.1. The number of amides is 2. The summed E-state index contributed by atoms with van der Waals surface area (Å²) >= 11 is 0. The lowest BCUT2D eigenvalue weighted by Gasteiger charge is -2.31. The maximum absolute atomic E-state index is 13.1. The quantitative estimate of drug-likeness (QED) is 0.117. The van der Waals surface area contributed by atoms with E-state index in [1.807, 2.05) is 0 Å². The van der Waals surface area contributed by atoms with Gasteiger partial charge in [0, 0.05) is 24.3 Å². The fourth-order valence-electron chi connectivity index (χ4n) is 4.75. The lowest BCUT2D eigenvalue weighted by molar-refractivity contribution is -0.385. The molecule has 3 aliphatic heterocycles. The Labute approximate surface area is 261 Å². The second kappa shape index (κ2) is 13.8. The van der Waals surface area contributed by atoms with Crippen LogP contribution >= 0.6 is 15.6 Å². The summed E-state index contributed by atoms with van der Waals surface area (Å²) in [4.78, 5) is 57.9. The molecule has 0 aromatic heterocycles. The van der Waals surface area contributed by atoms with E-state index in [1.54, 1.807) is 31.2 Å². The Morgan fingerprint density at radius 2 is 1.80 bits per heavy atom. The van der Waals surface area contributed by atoms with Gasteiger partial charge >= 0.3 is 27.6 Å². The third-order valence-corrected chi connectivity index (χ3v) is 9.45. The van der Waals surface area contributed by atoms with Gasteiger partial charge in [-0.2, -0.15) is 4.31 Å². The zero-order valence-electron chi connectivity index (χ0n) is 24.1. The lowest BCUT2D eigenvalue weighted by Crippen LogP contribution is -2.51. The van der Waals surface area contributed by atoms with Gasteiger partial charge in [0.15, 0.2) is 0 Å². The molecule has 1 saturated heterocycles. The minimum Gasteiger partial charge on any atom is -0.465 e. The number of phosphoric acid groups is 2. The fourth-order valence-corrected chi connectivity index (χ4v) is 6.92. The summed E-state index contributed by atoms with van der Waals surface area (Å²) in [5.74, 6) is -0.597. The maximum Gasteiger partial charge on any atom is 0.481 e. The van der Waals surface area contributed by atoms with Crippen LogP contribution in [0.15, 0.2) is 72.4 Å². The standard InChI is InChI=1S/C27H29N3O14P2/c1-2-12-39-45(35,36)44-46(37,38)40-16-23-22(43-26(31)17-8-4-3-5-9-17)14-24(41-23)29-15-18-13-21(42-25(18)28-27(29)32)19-10-6-7-11-20(19)30(33)34/h3-11,13,15,22-25H,2,12,14,16H2,1H3,(H,28,32)(H,35,36)(H,37,38). The number of nitro benzene ring substituents is 1. The van der Waals surface area contributed by atoms with E-state index in [9.17, 15) is 38.6 Å². The molecule has 0 bridgehead atoms. The van der Waals surface area contributed by atoms with Crippen LogP contribution in [0.2, 0.25) is 0 Å². The molecule has 17 nitrogen and oxygen atoms in total. The van der Waals surface area contributed by atoms with E-state index < -0.39 is 63.8 Å². The molecule has 3 aliphatic rings. The number of carbonyl (C=O) groups excluding carboxylic acids is 2. The number of urea groups is 1. The Bertz CT molecular complexity index is 1650. The second-order valence-corrected chi connectivity index (χ2v) is 13.1. The number of esters is 1. The molecule has 246 valence electrons. The number of phosphoric ester groups is 2. The fraction of sp³-hybridized carbons (Fsp3) is 0.333. The molecule has 0 spiro atoms. The van der Waals surface area contributed by atoms with Crippen molar-refractivity contribution in [1.29, 1.82) is 0 Å². The topological polar surface area (TPSA) is 223 Å². The van der Waals surface area contributed by atoms with Crippen molar-refractivity contribution in [3.63, 3.8) is 0 Å². The summed E-state index contributed by atoms with van der Waals surface area (Å²) in [5.41, 5.74) is 0.635. The van der Waals surface area contributed by atoms with Crippen molar-refractivity contribution in [2.75, 3.05) is 13.2 Å². The maximum atomic E-state index is 13.1. The zero-order valence-corrected chi connectivity index (χ0v) is 25.9. The van der Waals surface area contributed by atoms with Crippen LogP contribution in [-0.2, 0) is 36.7 Å². The molecule has 6 unspecified atom stereocenters. The normalized spacial score (nSPS) is 24.8. The molecule has 3 N–H and O–H groups in total. The monoisotopic (exact) mass is 681 g/mol. The number of ether oxygens (including phenoxy) is 3. The van der Waals surface area contributed by atoms with Gasteiger partial charge in [0.1, 0.15) is 24.2 Å². The predicted molar refractivity (Wildman–Crippen MR) is 156 cm³/mol. The number of nitro groups is 1. The molecular formula is C27H29N3O14P2. The van der Waals surface area contributed by atoms with Crippen molar-refractivity contribution in [3.8, 4) is 0 Å². The molecule has 0 radical (unpaired) electrons. The van der Waals surface area contributed by atoms with Crippen molar-refractivity contribution < 1.29 is 61.0 Å². The number of hydrogen-bond acceptors (Lipinski definition) is 12. The third kappa shape index (κ3) is 7.89. The lowest BCUT2D eigenvalue weighted by atomic mass is 10.1. The van der Waals surface area contributed by atoms with E-state index in [0.717, 1.165) is 4.90 Å². The summed E-state index contributed by atoms with van der Waals surface area (Å²) in [6.07, 6.45) is -1.30. The summed E-state index contributed by atoms with van der Waals surface area (Å²) in [7, 11) is -10.1. The highest BCUT2D eigenvalue weighted by molar-refractivity contribution is 7.61. The van der Waals surface area contributed by atoms with E-state index in [0.29, 0.717) is 12.0 Å². The van der Waals surface area contributed by atoms with Crippen molar-refractivity contribution in [1.82, 2.24) is 10.2 Å². The van der Waals surface area contributed by atoms with E-state index in [2.05, 4.69) is 14.2 Å². The summed E-state index contributed by atoms with van der Waals surface area (Å²) < 4.78 is 55.6. The highest BCUT2D eigenvalue weighted by Crippen LogP contribution is 2.60. The largest absolute Gasteiger partial charge is 0.481 e. The first-order valence-electron chi connectivity index (χ1n) is 13.9. The Morgan fingerprint density at radius 1 is 1.11 bits per heavy atom. The number of hydrogen-bond donors (Lipinski definition) is 3. The first-order chi connectivity index (χ1) is 21.9. The molecule has 0 saturated carbocycles. The van der Waals surface area contributed by atoms with E-state index >= 15 is 0 Å².